The zero-order chi connectivity index (χ0) is 20.3. The van der Waals surface area contributed by atoms with Crippen LogP contribution in [0.1, 0.15) is 36.7 Å². The second-order valence-corrected chi connectivity index (χ2v) is 7.89. The van der Waals surface area contributed by atoms with E-state index < -0.39 is 0 Å². The molecule has 0 bridgehead atoms. The molecular weight excluding hydrogens is 362 g/mol. The summed E-state index contributed by atoms with van der Waals surface area (Å²) >= 11 is 0. The highest BCUT2D eigenvalue weighted by Crippen LogP contribution is 2.35. The molecule has 3 aromatic rings. The van der Waals surface area contributed by atoms with Crippen molar-refractivity contribution in [3.63, 3.8) is 0 Å². The van der Waals surface area contributed by atoms with Gasteiger partial charge in [-0.1, -0.05) is 29.8 Å². The number of aromatic nitrogens is 4. The number of nitrogens with one attached hydrogen (secondary N) is 1. The van der Waals surface area contributed by atoms with Crippen molar-refractivity contribution in [3.05, 3.63) is 59.7 Å². The van der Waals surface area contributed by atoms with Crippen molar-refractivity contribution in [3.8, 4) is 11.3 Å². The molecule has 0 aliphatic carbocycles. The molecule has 1 saturated heterocycles. The summed E-state index contributed by atoms with van der Waals surface area (Å²) in [5, 5.41) is 7.98. The minimum Gasteiger partial charge on any atom is -0.381 e. The largest absolute Gasteiger partial charge is 0.381 e. The number of anilines is 1. The Hall–Kier alpha value is -2.73. The average Bonchev–Trinajstić information content (AvgIpc) is 3.22. The topological polar surface area (TPSA) is 64.9 Å². The van der Waals surface area contributed by atoms with Crippen molar-refractivity contribution < 1.29 is 4.74 Å². The lowest BCUT2D eigenvalue weighted by molar-refractivity contribution is 0.0543. The van der Waals surface area contributed by atoms with E-state index in [4.69, 9.17) is 4.74 Å². The molecule has 2 aromatic heterocycles. The van der Waals surface area contributed by atoms with Gasteiger partial charge in [-0.3, -0.25) is 4.68 Å². The number of benzene rings is 1. The molecule has 4 rings (SSSR count). The number of hydrogen-bond acceptors (Lipinski definition) is 5. The predicted molar refractivity (Wildman–Crippen MR) is 115 cm³/mol. The van der Waals surface area contributed by atoms with Crippen LogP contribution in [0.2, 0.25) is 0 Å². The summed E-state index contributed by atoms with van der Waals surface area (Å²) in [4.78, 5) is 9.24. The SMILES string of the molecule is CCn1cc(-c2cc(NCC3(c4cccc(C)c4)CCOCC3)nc(C)n2)cn1. The number of hydrogen-bond donors (Lipinski definition) is 1. The molecule has 0 spiro atoms. The predicted octanol–water partition coefficient (Wildman–Crippen LogP) is 4.14. The first-order chi connectivity index (χ1) is 14.1. The second-order valence-electron chi connectivity index (χ2n) is 7.89. The van der Waals surface area contributed by atoms with E-state index in [1.54, 1.807) is 0 Å². The Balaban J connectivity index is 1.59. The van der Waals surface area contributed by atoms with Crippen LogP contribution in [0.5, 0.6) is 0 Å². The highest BCUT2D eigenvalue weighted by molar-refractivity contribution is 5.61. The lowest BCUT2D eigenvalue weighted by Crippen LogP contribution is -2.40. The smallest absolute Gasteiger partial charge is 0.130 e. The van der Waals surface area contributed by atoms with Gasteiger partial charge in [0.05, 0.1) is 11.9 Å². The van der Waals surface area contributed by atoms with Gasteiger partial charge in [-0.15, -0.1) is 0 Å². The number of ether oxygens (including phenoxy) is 1. The third-order valence-electron chi connectivity index (χ3n) is 5.78. The van der Waals surface area contributed by atoms with Crippen molar-refractivity contribution in [1.82, 2.24) is 19.7 Å². The summed E-state index contributed by atoms with van der Waals surface area (Å²) in [6, 6.07) is 10.9. The molecule has 152 valence electrons. The Morgan fingerprint density at radius 3 is 2.69 bits per heavy atom. The first-order valence-corrected chi connectivity index (χ1v) is 10.4. The standard InChI is InChI=1S/C23H29N5O/c1-4-28-15-19(14-25-28)21-13-22(27-18(3)26-21)24-16-23(8-10-29-11-9-23)20-7-5-6-17(2)12-20/h5-7,12-15H,4,8-11,16H2,1-3H3,(H,24,26,27). The molecule has 1 fully saturated rings. The third kappa shape index (κ3) is 4.32. The molecule has 6 nitrogen and oxygen atoms in total. The van der Waals surface area contributed by atoms with E-state index in [0.29, 0.717) is 0 Å². The Labute approximate surface area is 172 Å². The first-order valence-electron chi connectivity index (χ1n) is 10.4. The highest BCUT2D eigenvalue weighted by Gasteiger charge is 2.34. The van der Waals surface area contributed by atoms with Gasteiger partial charge in [-0.05, 0) is 39.2 Å². The van der Waals surface area contributed by atoms with Gasteiger partial charge in [0, 0.05) is 49.5 Å². The Kier molecular flexibility index (Phi) is 5.62. The zero-order valence-electron chi connectivity index (χ0n) is 17.5. The number of aryl methyl sites for hydroxylation is 3. The van der Waals surface area contributed by atoms with E-state index in [1.165, 1.54) is 11.1 Å². The van der Waals surface area contributed by atoms with Crippen molar-refractivity contribution in [1.29, 1.82) is 0 Å². The van der Waals surface area contributed by atoms with Crippen LogP contribution in [0.15, 0.2) is 42.7 Å². The Morgan fingerprint density at radius 1 is 1.14 bits per heavy atom. The third-order valence-corrected chi connectivity index (χ3v) is 5.78. The quantitative estimate of drug-likeness (QED) is 0.684. The fourth-order valence-electron chi connectivity index (χ4n) is 4.04. The molecule has 3 heterocycles. The lowest BCUT2D eigenvalue weighted by Gasteiger charge is -2.38. The molecule has 1 aliphatic heterocycles. The van der Waals surface area contributed by atoms with E-state index in [-0.39, 0.29) is 5.41 Å². The van der Waals surface area contributed by atoms with Crippen LogP contribution in [0.4, 0.5) is 5.82 Å². The summed E-state index contributed by atoms with van der Waals surface area (Å²) in [7, 11) is 0. The van der Waals surface area contributed by atoms with Gasteiger partial charge in [0.1, 0.15) is 11.6 Å². The van der Waals surface area contributed by atoms with E-state index in [0.717, 1.165) is 62.0 Å². The van der Waals surface area contributed by atoms with E-state index in [9.17, 15) is 0 Å². The summed E-state index contributed by atoms with van der Waals surface area (Å²) in [6.07, 6.45) is 5.90. The maximum atomic E-state index is 5.67. The van der Waals surface area contributed by atoms with Gasteiger partial charge in [0.25, 0.3) is 0 Å². The average molecular weight is 392 g/mol. The van der Waals surface area contributed by atoms with Gasteiger partial charge >= 0.3 is 0 Å². The maximum absolute atomic E-state index is 5.67. The monoisotopic (exact) mass is 391 g/mol. The fraction of sp³-hybridized carbons (Fsp3) is 0.435. The second kappa shape index (κ2) is 8.33. The molecule has 1 N–H and O–H groups in total. The molecule has 0 atom stereocenters. The lowest BCUT2D eigenvalue weighted by atomic mass is 9.73. The zero-order valence-corrected chi connectivity index (χ0v) is 17.5. The van der Waals surface area contributed by atoms with E-state index in [1.807, 2.05) is 30.1 Å². The van der Waals surface area contributed by atoms with Gasteiger partial charge in [0.15, 0.2) is 0 Å². The van der Waals surface area contributed by atoms with Gasteiger partial charge < -0.3 is 10.1 Å². The van der Waals surface area contributed by atoms with Crippen molar-refractivity contribution in [2.24, 2.45) is 0 Å². The van der Waals surface area contributed by atoms with Gasteiger partial charge in [0.2, 0.25) is 0 Å². The van der Waals surface area contributed by atoms with E-state index in [2.05, 4.69) is 58.5 Å². The summed E-state index contributed by atoms with van der Waals surface area (Å²) < 4.78 is 7.59. The first kappa shape index (κ1) is 19.6. The minimum atomic E-state index is 0.0520. The van der Waals surface area contributed by atoms with Crippen LogP contribution in [-0.2, 0) is 16.7 Å². The van der Waals surface area contributed by atoms with Crippen LogP contribution >= 0.6 is 0 Å². The van der Waals surface area contributed by atoms with Crippen molar-refractivity contribution in [2.75, 3.05) is 25.1 Å². The van der Waals surface area contributed by atoms with Crippen LogP contribution < -0.4 is 5.32 Å². The molecule has 0 amide bonds. The summed E-state index contributed by atoms with van der Waals surface area (Å²) in [5.74, 6) is 1.61. The molecule has 0 saturated carbocycles. The maximum Gasteiger partial charge on any atom is 0.130 e. The fourth-order valence-corrected chi connectivity index (χ4v) is 4.04. The molecule has 29 heavy (non-hydrogen) atoms. The molecule has 1 aliphatic rings. The minimum absolute atomic E-state index is 0.0520. The number of rotatable bonds is 6. The van der Waals surface area contributed by atoms with Crippen LogP contribution in [0.25, 0.3) is 11.3 Å². The van der Waals surface area contributed by atoms with Crippen LogP contribution in [-0.4, -0.2) is 39.5 Å². The molecule has 0 radical (unpaired) electrons. The molecular formula is C23H29N5O. The molecule has 1 aromatic carbocycles. The Morgan fingerprint density at radius 2 is 1.97 bits per heavy atom. The van der Waals surface area contributed by atoms with Gasteiger partial charge in [-0.25, -0.2) is 9.97 Å². The normalized spacial score (nSPS) is 16.0. The van der Waals surface area contributed by atoms with Crippen molar-refractivity contribution in [2.45, 2.75) is 45.6 Å². The summed E-state index contributed by atoms with van der Waals surface area (Å²) in [6.45, 7) is 9.41. The Bertz CT molecular complexity index is 975. The van der Waals surface area contributed by atoms with E-state index >= 15 is 0 Å². The molecule has 0 unspecified atom stereocenters. The highest BCUT2D eigenvalue weighted by atomic mass is 16.5. The number of nitrogens with zero attached hydrogens (tertiary/aromatic N) is 4. The summed E-state index contributed by atoms with van der Waals surface area (Å²) in [5.41, 5.74) is 4.64. The van der Waals surface area contributed by atoms with Crippen LogP contribution in [0, 0.1) is 13.8 Å². The molecule has 6 heteroatoms. The van der Waals surface area contributed by atoms with Gasteiger partial charge in [-0.2, -0.15) is 5.10 Å². The van der Waals surface area contributed by atoms with Crippen LogP contribution in [0.3, 0.4) is 0 Å². The van der Waals surface area contributed by atoms with Crippen molar-refractivity contribution >= 4 is 5.82 Å².